The molecule has 0 aliphatic heterocycles. The van der Waals surface area contributed by atoms with Crippen molar-refractivity contribution in [1.82, 2.24) is 4.57 Å². The summed E-state index contributed by atoms with van der Waals surface area (Å²) in [5.41, 5.74) is -0.788. The summed E-state index contributed by atoms with van der Waals surface area (Å²) >= 11 is 5.80. The first-order valence-corrected chi connectivity index (χ1v) is 8.55. The molecule has 0 fully saturated rings. The van der Waals surface area contributed by atoms with E-state index in [-0.39, 0.29) is 29.8 Å². The fourth-order valence-corrected chi connectivity index (χ4v) is 2.74. The van der Waals surface area contributed by atoms with Crippen molar-refractivity contribution in [2.45, 2.75) is 19.9 Å². The van der Waals surface area contributed by atoms with Crippen LogP contribution in [0.5, 0.6) is 11.6 Å². The topological polar surface area (TPSA) is 102 Å². The molecule has 1 aromatic heterocycles. The zero-order valence-electron chi connectivity index (χ0n) is 15.0. The van der Waals surface area contributed by atoms with Gasteiger partial charge in [0.2, 0.25) is 11.7 Å². The summed E-state index contributed by atoms with van der Waals surface area (Å²) in [6.45, 7) is 1.57. The number of benzene rings is 1. The average Bonchev–Trinajstić information content (AvgIpc) is 2.64. The van der Waals surface area contributed by atoms with Gasteiger partial charge >= 0.3 is 0 Å². The van der Waals surface area contributed by atoms with Crippen molar-refractivity contribution in [1.29, 1.82) is 5.26 Å². The number of halogens is 1. The first-order chi connectivity index (χ1) is 12.9. The van der Waals surface area contributed by atoms with Crippen LogP contribution in [0.2, 0.25) is 5.02 Å². The molecule has 0 saturated carbocycles. The van der Waals surface area contributed by atoms with E-state index in [0.717, 1.165) is 4.57 Å². The van der Waals surface area contributed by atoms with Gasteiger partial charge in [0.15, 0.2) is 6.61 Å². The third-order valence-corrected chi connectivity index (χ3v) is 4.24. The zero-order valence-corrected chi connectivity index (χ0v) is 15.7. The molecule has 27 heavy (non-hydrogen) atoms. The molecule has 0 amide bonds. The lowest BCUT2D eigenvalue weighted by atomic mass is 10.0. The molecule has 2 rings (SSSR count). The number of ether oxygens (including phenoxy) is 2. The Morgan fingerprint density at radius 1 is 1.33 bits per heavy atom. The van der Waals surface area contributed by atoms with E-state index >= 15 is 0 Å². The summed E-state index contributed by atoms with van der Waals surface area (Å²) in [6.07, 6.45) is 0.437. The number of pyridine rings is 1. The highest BCUT2D eigenvalue weighted by Crippen LogP contribution is 2.23. The lowest BCUT2D eigenvalue weighted by Crippen LogP contribution is -2.28. The third kappa shape index (κ3) is 4.67. The second-order valence-corrected chi connectivity index (χ2v) is 6.22. The summed E-state index contributed by atoms with van der Waals surface area (Å²) in [5, 5.41) is 20.3. The Labute approximate surface area is 161 Å². The minimum Gasteiger partial charge on any atom is -0.494 e. The van der Waals surface area contributed by atoms with Gasteiger partial charge in [-0.05, 0) is 43.2 Å². The van der Waals surface area contributed by atoms with Crippen LogP contribution < -0.4 is 10.3 Å². The van der Waals surface area contributed by atoms with E-state index in [1.54, 1.807) is 24.3 Å². The predicted octanol–water partition coefficient (Wildman–Crippen LogP) is 2.69. The van der Waals surface area contributed by atoms with Gasteiger partial charge in [-0.1, -0.05) is 11.6 Å². The molecule has 1 N–H and O–H groups in total. The van der Waals surface area contributed by atoms with Crippen LogP contribution in [0.1, 0.15) is 27.9 Å². The molecule has 0 unspecified atom stereocenters. The normalized spacial score (nSPS) is 10.4. The van der Waals surface area contributed by atoms with Crippen LogP contribution >= 0.6 is 11.6 Å². The maximum Gasteiger partial charge on any atom is 0.271 e. The lowest BCUT2D eigenvalue weighted by Gasteiger charge is -2.15. The fraction of sp³-hybridized carbons (Fsp3) is 0.316. The number of hydrogen-bond acceptors (Lipinski definition) is 6. The van der Waals surface area contributed by atoms with Crippen LogP contribution in [0.15, 0.2) is 29.1 Å². The molecule has 142 valence electrons. The Morgan fingerprint density at radius 2 is 2.00 bits per heavy atom. The van der Waals surface area contributed by atoms with E-state index in [9.17, 15) is 20.0 Å². The van der Waals surface area contributed by atoms with Gasteiger partial charge in [0.25, 0.3) is 5.56 Å². The predicted molar refractivity (Wildman–Crippen MR) is 99.6 cm³/mol. The minimum atomic E-state index is -0.640. The summed E-state index contributed by atoms with van der Waals surface area (Å²) in [4.78, 5) is 25.0. The van der Waals surface area contributed by atoms with Crippen molar-refractivity contribution < 1.29 is 19.4 Å². The molecule has 7 nitrogen and oxygen atoms in total. The number of aromatic nitrogens is 1. The summed E-state index contributed by atoms with van der Waals surface area (Å²) < 4.78 is 11.4. The number of aromatic hydroxyl groups is 1. The number of rotatable bonds is 8. The van der Waals surface area contributed by atoms with E-state index in [1.165, 1.54) is 14.0 Å². The molecule has 2 aromatic rings. The number of hydrogen-bond donors (Lipinski definition) is 1. The van der Waals surface area contributed by atoms with Crippen molar-refractivity contribution in [2.24, 2.45) is 0 Å². The molecule has 0 aliphatic carbocycles. The molecule has 1 aromatic carbocycles. The van der Waals surface area contributed by atoms with Gasteiger partial charge in [0.05, 0.1) is 5.56 Å². The van der Waals surface area contributed by atoms with Crippen molar-refractivity contribution in [2.75, 3.05) is 20.3 Å². The number of carbonyl (C=O) groups is 1. The van der Waals surface area contributed by atoms with E-state index in [4.69, 9.17) is 21.1 Å². The maximum atomic E-state index is 12.6. The van der Waals surface area contributed by atoms with Gasteiger partial charge < -0.3 is 14.6 Å². The van der Waals surface area contributed by atoms with E-state index in [0.29, 0.717) is 23.8 Å². The van der Waals surface area contributed by atoms with Gasteiger partial charge in [-0.2, -0.15) is 5.26 Å². The van der Waals surface area contributed by atoms with E-state index in [2.05, 4.69) is 0 Å². The smallest absolute Gasteiger partial charge is 0.271 e. The molecule has 0 aliphatic rings. The Morgan fingerprint density at radius 3 is 2.59 bits per heavy atom. The van der Waals surface area contributed by atoms with Crippen molar-refractivity contribution in [3.63, 3.8) is 0 Å². The summed E-state index contributed by atoms with van der Waals surface area (Å²) in [7, 11) is 1.52. The van der Waals surface area contributed by atoms with Gasteiger partial charge in [-0.3, -0.25) is 14.2 Å². The third-order valence-electron chi connectivity index (χ3n) is 3.99. The molecular formula is C19H19ClN2O5. The Balaban J connectivity index is 2.34. The largest absolute Gasteiger partial charge is 0.494 e. The number of nitriles is 1. The zero-order chi connectivity index (χ0) is 20.0. The number of nitrogens with zero attached hydrogens (tertiary/aromatic N) is 2. The summed E-state index contributed by atoms with van der Waals surface area (Å²) in [5.74, 6) is -0.590. The van der Waals surface area contributed by atoms with Crippen molar-refractivity contribution >= 4 is 17.4 Å². The summed E-state index contributed by atoms with van der Waals surface area (Å²) in [6, 6.07) is 8.26. The highest BCUT2D eigenvalue weighted by Gasteiger charge is 2.24. The molecule has 1 heterocycles. The molecule has 0 radical (unpaired) electrons. The Kier molecular flexibility index (Phi) is 6.99. The van der Waals surface area contributed by atoms with Gasteiger partial charge in [-0.25, -0.2) is 0 Å². The van der Waals surface area contributed by atoms with Crippen LogP contribution in [0, 0.1) is 18.3 Å². The van der Waals surface area contributed by atoms with E-state index in [1.807, 2.05) is 6.07 Å². The van der Waals surface area contributed by atoms with Crippen molar-refractivity contribution in [3.8, 4) is 17.7 Å². The Hall–Kier alpha value is -2.82. The average molecular weight is 391 g/mol. The van der Waals surface area contributed by atoms with E-state index < -0.39 is 17.2 Å². The monoisotopic (exact) mass is 390 g/mol. The maximum absolute atomic E-state index is 12.6. The number of Topliss-reactive ketones (excluding diaryl/α,β-unsaturated/α-hetero) is 1. The van der Waals surface area contributed by atoms with Crippen molar-refractivity contribution in [3.05, 3.63) is 56.3 Å². The molecule has 0 atom stereocenters. The minimum absolute atomic E-state index is 0.0995. The highest BCUT2D eigenvalue weighted by atomic mass is 35.5. The van der Waals surface area contributed by atoms with Crippen LogP contribution in [-0.4, -0.2) is 35.8 Å². The molecule has 0 spiro atoms. The highest BCUT2D eigenvalue weighted by molar-refractivity contribution is 6.30. The first-order valence-electron chi connectivity index (χ1n) is 8.17. The number of carbonyl (C=O) groups excluding carboxylic acids is 1. The molecule has 8 heteroatoms. The van der Waals surface area contributed by atoms with Gasteiger partial charge in [0.1, 0.15) is 17.4 Å². The van der Waals surface area contributed by atoms with Crippen LogP contribution in [0.3, 0.4) is 0 Å². The first kappa shape index (κ1) is 20.5. The molecule has 0 saturated heterocycles. The van der Waals surface area contributed by atoms with Gasteiger partial charge in [0, 0.05) is 25.3 Å². The lowest BCUT2D eigenvalue weighted by molar-refractivity contribution is 0.0916. The SMILES string of the molecule is COCCCn1c(O)c(C(=O)COc2ccc(Cl)cc2)c(C)c(C#N)c1=O. The number of methoxy groups -OCH3 is 1. The molecular weight excluding hydrogens is 372 g/mol. The van der Waals surface area contributed by atoms with Crippen LogP contribution in [0.4, 0.5) is 0 Å². The van der Waals surface area contributed by atoms with Gasteiger partial charge in [-0.15, -0.1) is 0 Å². The van der Waals surface area contributed by atoms with Crippen LogP contribution in [0.25, 0.3) is 0 Å². The standard InChI is InChI=1S/C19H19ClN2O5/c1-12-15(10-21)18(24)22(8-3-9-26-2)19(25)17(12)16(23)11-27-14-6-4-13(20)5-7-14/h4-7,25H,3,8-9,11H2,1-2H3. The molecule has 0 bridgehead atoms. The Bertz CT molecular complexity index is 929. The fourth-order valence-electron chi connectivity index (χ4n) is 2.61. The second-order valence-electron chi connectivity index (χ2n) is 5.78. The quantitative estimate of drug-likeness (QED) is 0.549. The van der Waals surface area contributed by atoms with Crippen LogP contribution in [-0.2, 0) is 11.3 Å². The second kappa shape index (κ2) is 9.21. The number of ketones is 1.